The summed E-state index contributed by atoms with van der Waals surface area (Å²) in [5.41, 5.74) is 11.6. The number of nitrogens with one attached hydrogen (secondary N) is 1. The molecule has 0 amide bonds. The maximum Gasteiger partial charge on any atom is 0.303 e. The molecule has 0 saturated heterocycles. The summed E-state index contributed by atoms with van der Waals surface area (Å²) in [6.45, 7) is 18.7. The lowest BCUT2D eigenvalue weighted by Crippen LogP contribution is -2.20. The zero-order chi connectivity index (χ0) is 43.0. The Morgan fingerprint density at radius 3 is 2.10 bits per heavy atom. The highest BCUT2D eigenvalue weighted by molar-refractivity contribution is 6.25. The van der Waals surface area contributed by atoms with Gasteiger partial charge in [0.1, 0.15) is 0 Å². The third kappa shape index (κ3) is 10.9. The van der Waals surface area contributed by atoms with Crippen molar-refractivity contribution in [2.24, 2.45) is 20.9 Å². The molecule has 8 bridgehead atoms. The van der Waals surface area contributed by atoms with Crippen molar-refractivity contribution < 1.29 is 30.0 Å². The SMILES string of the molecule is C=Cc1c(C)c2[nH]c1=CC1=NC(=CC3=C(CCC(=O)O)C(=CO)C(=N3)C=C3N=C(C=2)C([C@@H](O)CC/C=C(\C)CCCC(C)CCC=C(C)C)=C3C)C(CCC(=O)O)=C1C. The van der Waals surface area contributed by atoms with Crippen LogP contribution in [-0.4, -0.2) is 60.6 Å². The minimum absolute atomic E-state index is 0.0864. The number of aliphatic hydroxyl groups excluding tert-OH is 2. The Kier molecular flexibility index (Phi) is 15.0. The highest BCUT2D eigenvalue weighted by Crippen LogP contribution is 2.38. The monoisotopic (exact) mass is 800 g/mol. The van der Waals surface area contributed by atoms with Crippen LogP contribution in [-0.2, 0) is 9.59 Å². The lowest BCUT2D eigenvalue weighted by molar-refractivity contribution is -0.137. The van der Waals surface area contributed by atoms with Crippen molar-refractivity contribution in [3.05, 3.63) is 121 Å². The summed E-state index contributed by atoms with van der Waals surface area (Å²) >= 11 is 0. The van der Waals surface area contributed by atoms with Gasteiger partial charge in [-0.15, -0.1) is 0 Å². The van der Waals surface area contributed by atoms with E-state index in [1.165, 1.54) is 24.0 Å². The van der Waals surface area contributed by atoms with E-state index in [1.54, 1.807) is 18.2 Å². The van der Waals surface area contributed by atoms with Crippen molar-refractivity contribution in [3.63, 3.8) is 0 Å². The molecule has 312 valence electrons. The Bertz CT molecular complexity index is 2380. The lowest BCUT2D eigenvalue weighted by Gasteiger charge is -2.14. The first-order valence-corrected chi connectivity index (χ1v) is 20.8. The molecule has 2 atom stereocenters. The second-order valence-corrected chi connectivity index (χ2v) is 16.4. The number of allylic oxidation sites excluding steroid dienone is 11. The fourth-order valence-electron chi connectivity index (χ4n) is 8.10. The van der Waals surface area contributed by atoms with Gasteiger partial charge in [0.25, 0.3) is 0 Å². The number of aromatic amines is 1. The first-order valence-electron chi connectivity index (χ1n) is 20.8. The van der Waals surface area contributed by atoms with Gasteiger partial charge in [-0.1, -0.05) is 49.3 Å². The van der Waals surface area contributed by atoms with Gasteiger partial charge in [-0.05, 0) is 151 Å². The molecule has 0 fully saturated rings. The summed E-state index contributed by atoms with van der Waals surface area (Å²) in [5, 5.41) is 43.3. The van der Waals surface area contributed by atoms with E-state index in [0.29, 0.717) is 69.7 Å². The summed E-state index contributed by atoms with van der Waals surface area (Å²) in [5.74, 6) is -1.25. The van der Waals surface area contributed by atoms with Gasteiger partial charge in [0.2, 0.25) is 0 Å². The average molecular weight is 801 g/mol. The molecule has 0 saturated carbocycles. The fourth-order valence-corrected chi connectivity index (χ4v) is 8.10. The van der Waals surface area contributed by atoms with Crippen LogP contribution >= 0.6 is 0 Å². The van der Waals surface area contributed by atoms with E-state index in [0.717, 1.165) is 64.1 Å². The number of nitrogens with zero attached hydrogens (tertiary/aromatic N) is 3. The predicted molar refractivity (Wildman–Crippen MR) is 240 cm³/mol. The van der Waals surface area contributed by atoms with E-state index in [1.807, 2.05) is 32.9 Å². The molecule has 10 heteroatoms. The van der Waals surface area contributed by atoms with Crippen molar-refractivity contribution in [3.8, 4) is 0 Å². The zero-order valence-corrected chi connectivity index (χ0v) is 35.7. The normalized spacial score (nSPS) is 18.2. The summed E-state index contributed by atoms with van der Waals surface area (Å²) in [7, 11) is 0. The number of hydrogen-bond donors (Lipinski definition) is 5. The number of aliphatic imine (C=N–C) groups is 3. The lowest BCUT2D eigenvalue weighted by atomic mass is 9.94. The van der Waals surface area contributed by atoms with Crippen molar-refractivity contribution in [2.75, 3.05) is 0 Å². The largest absolute Gasteiger partial charge is 0.515 e. The molecule has 4 aliphatic rings. The maximum absolute atomic E-state index is 11.9. The molecule has 59 heavy (non-hydrogen) atoms. The number of carboxylic acids is 2. The van der Waals surface area contributed by atoms with Gasteiger partial charge < -0.3 is 25.4 Å². The minimum Gasteiger partial charge on any atom is -0.515 e. The van der Waals surface area contributed by atoms with Crippen molar-refractivity contribution in [1.29, 1.82) is 0 Å². The maximum atomic E-state index is 11.9. The summed E-state index contributed by atoms with van der Waals surface area (Å²) < 4.78 is 0. The van der Waals surface area contributed by atoms with Gasteiger partial charge in [-0.2, -0.15) is 0 Å². The van der Waals surface area contributed by atoms with Gasteiger partial charge in [0.15, 0.2) is 0 Å². The minimum atomic E-state index is -0.998. The summed E-state index contributed by atoms with van der Waals surface area (Å²) in [6, 6.07) is 0. The highest BCUT2D eigenvalue weighted by Gasteiger charge is 2.30. The molecule has 1 aromatic heterocycles. The van der Waals surface area contributed by atoms with Crippen LogP contribution in [0.25, 0.3) is 18.2 Å². The van der Waals surface area contributed by atoms with Crippen LogP contribution in [0.4, 0.5) is 0 Å². The van der Waals surface area contributed by atoms with Gasteiger partial charge in [0, 0.05) is 40.2 Å². The molecule has 5 rings (SSSR count). The fraction of sp³-hybridized carbons (Fsp3) is 0.408. The van der Waals surface area contributed by atoms with E-state index in [9.17, 15) is 30.0 Å². The number of hydrogen-bond acceptors (Lipinski definition) is 7. The highest BCUT2D eigenvalue weighted by atomic mass is 16.4. The van der Waals surface area contributed by atoms with Crippen molar-refractivity contribution >= 4 is 47.3 Å². The molecular weight excluding hydrogens is 741 g/mol. The molecule has 0 spiro atoms. The van der Waals surface area contributed by atoms with Crippen LogP contribution in [0.1, 0.15) is 123 Å². The van der Waals surface area contributed by atoms with Crippen LogP contribution in [0.3, 0.4) is 0 Å². The number of H-pyrrole nitrogens is 1. The van der Waals surface area contributed by atoms with Crippen molar-refractivity contribution in [1.82, 2.24) is 4.98 Å². The first kappa shape index (κ1) is 44.5. The number of fused-ring (bicyclic) bond motifs is 5. The zero-order valence-electron chi connectivity index (χ0n) is 35.7. The number of rotatable bonds is 18. The van der Waals surface area contributed by atoms with E-state index >= 15 is 0 Å². The Balaban J connectivity index is 1.56. The Morgan fingerprint density at radius 1 is 0.780 bits per heavy atom. The van der Waals surface area contributed by atoms with Gasteiger partial charge in [0.05, 0.1) is 46.6 Å². The van der Waals surface area contributed by atoms with Gasteiger partial charge in [-0.3, -0.25) is 9.59 Å². The molecule has 0 aliphatic carbocycles. The topological polar surface area (TPSA) is 168 Å². The molecule has 0 radical (unpaired) electrons. The quantitative estimate of drug-likeness (QED) is 0.0733. The smallest absolute Gasteiger partial charge is 0.303 e. The molecule has 5 heterocycles. The molecule has 1 unspecified atom stereocenters. The molecular formula is C49H60N4O6. The van der Waals surface area contributed by atoms with Crippen LogP contribution in [0.2, 0.25) is 0 Å². The van der Waals surface area contributed by atoms with Crippen LogP contribution in [0.15, 0.2) is 114 Å². The van der Waals surface area contributed by atoms with Gasteiger partial charge >= 0.3 is 11.9 Å². The van der Waals surface area contributed by atoms with Crippen LogP contribution in [0.5, 0.6) is 0 Å². The number of aliphatic hydroxyl groups is 2. The Labute approximate surface area is 348 Å². The molecule has 0 aromatic carbocycles. The third-order valence-corrected chi connectivity index (χ3v) is 11.6. The third-order valence-electron chi connectivity index (χ3n) is 11.6. The van der Waals surface area contributed by atoms with E-state index in [4.69, 9.17) is 15.0 Å². The van der Waals surface area contributed by atoms with Crippen molar-refractivity contribution in [2.45, 2.75) is 125 Å². The standard InChI is InChI=1S/C49H60N4O6/c1-9-34-31(6)39-25-45-49(46(55)18-12-17-30(5)16-11-15-29(4)14-10-13-28(2)3)33(8)40(52-45)24-44-37(27-54)36(20-22-48(58)59)43(53-44)26-42-35(19-21-47(56)57)32(7)38(51-42)23-41(34)50-39/h9,13,17,23-27,29,46,50,54-55H,1,10-12,14-16,18-22H2,2-8H3,(H,56,57)(H,58,59)/b30-17+,37-27?,39-25?,40-24?,41-23?,42-26?/t29?,46-/m0/s1. The van der Waals surface area contributed by atoms with Crippen LogP contribution < -0.4 is 10.7 Å². The van der Waals surface area contributed by atoms with E-state index in [2.05, 4.69) is 51.4 Å². The first-order chi connectivity index (χ1) is 28.1. The number of aliphatic carboxylic acids is 2. The Hall–Kier alpha value is -5.61. The molecule has 5 N–H and O–H groups in total. The second kappa shape index (κ2) is 19.9. The number of aromatic nitrogens is 1. The Morgan fingerprint density at radius 2 is 1.44 bits per heavy atom. The second-order valence-electron chi connectivity index (χ2n) is 16.4. The molecule has 4 aliphatic heterocycles. The van der Waals surface area contributed by atoms with E-state index in [-0.39, 0.29) is 25.7 Å². The number of carbonyl (C=O) groups is 2. The number of carboxylic acid groups (broad SMARTS) is 2. The van der Waals surface area contributed by atoms with Crippen LogP contribution in [0, 0.1) is 12.8 Å². The van der Waals surface area contributed by atoms with Gasteiger partial charge in [-0.25, -0.2) is 15.0 Å². The summed E-state index contributed by atoms with van der Waals surface area (Å²) in [4.78, 5) is 42.0. The molecule has 10 nitrogen and oxygen atoms in total. The van der Waals surface area contributed by atoms with E-state index < -0.39 is 18.0 Å². The average Bonchev–Trinajstić information content (AvgIpc) is 3.85. The molecule has 1 aromatic rings. The predicted octanol–water partition coefficient (Wildman–Crippen LogP) is 9.37. The summed E-state index contributed by atoms with van der Waals surface area (Å²) in [6.07, 6.45) is 20.8.